The highest BCUT2D eigenvalue weighted by Crippen LogP contribution is 2.54. The predicted molar refractivity (Wildman–Crippen MR) is 59.7 cm³/mol. The number of sulfonamides is 1. The fraction of sp³-hybridized carbons (Fsp3) is 0.545. The Balaban J connectivity index is 1.97. The van der Waals surface area contributed by atoms with Crippen LogP contribution in [-0.2, 0) is 16.2 Å². The molecule has 1 aliphatic carbocycles. The first-order chi connectivity index (χ1) is 8.75. The monoisotopic (exact) mass is 292 g/mol. The Morgan fingerprint density at radius 3 is 2.42 bits per heavy atom. The van der Waals surface area contributed by atoms with Gasteiger partial charge in [0.05, 0.1) is 5.56 Å². The lowest BCUT2D eigenvalue weighted by Gasteiger charge is -2.38. The Hall–Kier alpha value is -1.15. The normalized spacial score (nSPS) is 22.3. The summed E-state index contributed by atoms with van der Waals surface area (Å²) < 4.78 is 63.9. The molecule has 0 amide bonds. The van der Waals surface area contributed by atoms with Gasteiger partial charge in [0.2, 0.25) is 10.0 Å². The van der Waals surface area contributed by atoms with Crippen molar-refractivity contribution in [3.8, 4) is 0 Å². The quantitative estimate of drug-likeness (QED) is 0.836. The molecule has 0 unspecified atom stereocenters. The minimum atomic E-state index is -4.70. The summed E-state index contributed by atoms with van der Waals surface area (Å²) in [5.74, 6) is 0. The second-order valence-corrected chi connectivity index (χ2v) is 7.05. The third-order valence-electron chi connectivity index (χ3n) is 3.69. The van der Waals surface area contributed by atoms with Crippen LogP contribution in [0.3, 0.4) is 0 Å². The van der Waals surface area contributed by atoms with Crippen LogP contribution in [0.25, 0.3) is 0 Å². The zero-order valence-corrected chi connectivity index (χ0v) is 10.6. The molecule has 4 nitrogen and oxygen atoms in total. The first kappa shape index (κ1) is 12.9. The number of rotatable bonds is 2. The first-order valence-electron chi connectivity index (χ1n) is 5.76. The maximum absolute atomic E-state index is 12.8. The summed E-state index contributed by atoms with van der Waals surface area (Å²) >= 11 is 0. The molecule has 0 radical (unpaired) electrons. The largest absolute Gasteiger partial charge is 0.417 e. The minimum Gasteiger partial charge on any atom is -0.263 e. The summed E-state index contributed by atoms with van der Waals surface area (Å²) in [4.78, 5) is 2.76. The molecule has 1 saturated heterocycles. The van der Waals surface area contributed by atoms with E-state index in [-0.39, 0.29) is 5.41 Å². The van der Waals surface area contributed by atoms with Gasteiger partial charge in [0.15, 0.2) is 0 Å². The number of pyridine rings is 1. The molecule has 0 N–H and O–H groups in total. The van der Waals surface area contributed by atoms with Gasteiger partial charge in [-0.3, -0.25) is 4.98 Å². The SMILES string of the molecule is O=S(=O)(c1cnccc1C(F)(F)F)N1CC2(CC2)C1. The highest BCUT2D eigenvalue weighted by molar-refractivity contribution is 7.89. The van der Waals surface area contributed by atoms with Crippen molar-refractivity contribution < 1.29 is 21.6 Å². The number of hydrogen-bond donors (Lipinski definition) is 0. The van der Waals surface area contributed by atoms with Crippen molar-refractivity contribution in [2.24, 2.45) is 5.41 Å². The number of alkyl halides is 3. The zero-order valence-electron chi connectivity index (χ0n) is 9.81. The van der Waals surface area contributed by atoms with Crippen molar-refractivity contribution in [2.75, 3.05) is 13.1 Å². The molecule has 2 fully saturated rings. The van der Waals surface area contributed by atoms with Crippen molar-refractivity contribution >= 4 is 10.0 Å². The van der Waals surface area contributed by atoms with Crippen LogP contribution in [0.1, 0.15) is 18.4 Å². The summed E-state index contributed by atoms with van der Waals surface area (Å²) in [5, 5.41) is 0. The van der Waals surface area contributed by atoms with Crippen molar-refractivity contribution in [1.29, 1.82) is 0 Å². The molecule has 0 aromatic carbocycles. The molecule has 0 atom stereocenters. The van der Waals surface area contributed by atoms with E-state index >= 15 is 0 Å². The fourth-order valence-electron chi connectivity index (χ4n) is 2.32. The van der Waals surface area contributed by atoms with E-state index in [0.29, 0.717) is 19.2 Å². The van der Waals surface area contributed by atoms with E-state index in [4.69, 9.17) is 0 Å². The van der Waals surface area contributed by atoms with Crippen molar-refractivity contribution in [3.63, 3.8) is 0 Å². The van der Waals surface area contributed by atoms with Gasteiger partial charge in [-0.15, -0.1) is 0 Å². The average Bonchev–Trinajstić information content (AvgIpc) is 3.06. The van der Waals surface area contributed by atoms with E-state index < -0.39 is 26.7 Å². The van der Waals surface area contributed by atoms with E-state index in [1.165, 1.54) is 0 Å². The van der Waals surface area contributed by atoms with E-state index in [2.05, 4.69) is 4.98 Å². The molecule has 1 saturated carbocycles. The van der Waals surface area contributed by atoms with Crippen LogP contribution in [0, 0.1) is 5.41 Å². The van der Waals surface area contributed by atoms with Crippen LogP contribution in [0.2, 0.25) is 0 Å². The lowest BCUT2D eigenvalue weighted by Crippen LogP contribution is -2.51. The third-order valence-corrected chi connectivity index (χ3v) is 5.51. The first-order valence-corrected chi connectivity index (χ1v) is 7.20. The lowest BCUT2D eigenvalue weighted by atomic mass is 10.0. The third kappa shape index (κ3) is 2.02. The Bertz CT molecular complexity index is 615. The van der Waals surface area contributed by atoms with Crippen LogP contribution in [0.15, 0.2) is 23.4 Å². The molecule has 0 bridgehead atoms. The fourth-order valence-corrected chi connectivity index (χ4v) is 4.15. The molecule has 104 valence electrons. The summed E-state index contributed by atoms with van der Waals surface area (Å²) in [6, 6.07) is 0.694. The zero-order chi connectivity index (χ0) is 13.9. The van der Waals surface area contributed by atoms with Crippen LogP contribution < -0.4 is 0 Å². The smallest absolute Gasteiger partial charge is 0.263 e. The van der Waals surface area contributed by atoms with Gasteiger partial charge in [-0.2, -0.15) is 17.5 Å². The van der Waals surface area contributed by atoms with Crippen molar-refractivity contribution in [1.82, 2.24) is 9.29 Å². The summed E-state index contributed by atoms with van der Waals surface area (Å²) in [5.41, 5.74) is -1.10. The van der Waals surface area contributed by atoms with E-state index in [0.717, 1.165) is 29.5 Å². The van der Waals surface area contributed by atoms with Crippen molar-refractivity contribution in [3.05, 3.63) is 24.0 Å². The Morgan fingerprint density at radius 1 is 1.26 bits per heavy atom. The van der Waals surface area contributed by atoms with E-state index in [1.807, 2.05) is 0 Å². The average molecular weight is 292 g/mol. The van der Waals surface area contributed by atoms with Gasteiger partial charge >= 0.3 is 6.18 Å². The molecule has 19 heavy (non-hydrogen) atoms. The number of nitrogens with zero attached hydrogens (tertiary/aromatic N) is 2. The predicted octanol–water partition coefficient (Wildman–Crippen LogP) is 1.88. The molecule has 2 aliphatic rings. The van der Waals surface area contributed by atoms with Gasteiger partial charge < -0.3 is 0 Å². The van der Waals surface area contributed by atoms with Gasteiger partial charge in [0.1, 0.15) is 4.90 Å². The summed E-state index contributed by atoms with van der Waals surface area (Å²) in [6.07, 6.45) is -1.07. The van der Waals surface area contributed by atoms with Crippen molar-refractivity contribution in [2.45, 2.75) is 23.9 Å². The van der Waals surface area contributed by atoms with Gasteiger partial charge in [0.25, 0.3) is 0 Å². The summed E-state index contributed by atoms with van der Waals surface area (Å²) in [7, 11) is -4.10. The van der Waals surface area contributed by atoms with Gasteiger partial charge in [-0.1, -0.05) is 0 Å². The van der Waals surface area contributed by atoms with Crippen LogP contribution in [0.5, 0.6) is 0 Å². The van der Waals surface area contributed by atoms with Crippen LogP contribution in [-0.4, -0.2) is 30.8 Å². The van der Waals surface area contributed by atoms with Gasteiger partial charge in [-0.25, -0.2) is 8.42 Å². The maximum atomic E-state index is 12.8. The topological polar surface area (TPSA) is 50.3 Å². The number of hydrogen-bond acceptors (Lipinski definition) is 3. The summed E-state index contributed by atoms with van der Waals surface area (Å²) in [6.45, 7) is 0.642. The molecular formula is C11H11F3N2O2S. The standard InChI is InChI=1S/C11H11F3N2O2S/c12-11(13,14)8-1-4-15-5-9(8)19(17,18)16-6-10(7-16)2-3-10/h1,4-5H,2-3,6-7H2. The lowest BCUT2D eigenvalue weighted by molar-refractivity contribution is -0.140. The molecule has 2 heterocycles. The van der Waals surface area contributed by atoms with Crippen LogP contribution >= 0.6 is 0 Å². The number of halogens is 3. The Morgan fingerprint density at radius 2 is 1.89 bits per heavy atom. The van der Waals surface area contributed by atoms with Gasteiger partial charge in [0, 0.05) is 25.5 Å². The molecular weight excluding hydrogens is 281 g/mol. The second kappa shape index (κ2) is 3.69. The Labute approximate surface area is 108 Å². The molecule has 1 spiro atoms. The van der Waals surface area contributed by atoms with E-state index in [9.17, 15) is 21.6 Å². The highest BCUT2D eigenvalue weighted by Gasteiger charge is 2.56. The van der Waals surface area contributed by atoms with E-state index in [1.54, 1.807) is 0 Å². The maximum Gasteiger partial charge on any atom is 0.417 e. The molecule has 8 heteroatoms. The van der Waals surface area contributed by atoms with Crippen LogP contribution in [0.4, 0.5) is 13.2 Å². The minimum absolute atomic E-state index is 0.0493. The molecule has 1 aromatic rings. The Kier molecular flexibility index (Phi) is 2.50. The number of aromatic nitrogens is 1. The second-order valence-electron chi connectivity index (χ2n) is 5.14. The van der Waals surface area contributed by atoms with Gasteiger partial charge in [-0.05, 0) is 24.3 Å². The molecule has 3 rings (SSSR count). The molecule has 1 aromatic heterocycles. The molecule has 1 aliphatic heterocycles. The highest BCUT2D eigenvalue weighted by atomic mass is 32.2.